The zero-order valence-electron chi connectivity index (χ0n) is 8.87. The number of rotatable bonds is 5. The molecule has 1 atom stereocenters. The summed E-state index contributed by atoms with van der Waals surface area (Å²) in [6.07, 6.45) is 0.188. The summed E-state index contributed by atoms with van der Waals surface area (Å²) < 4.78 is 4.86. The number of ether oxygens (including phenoxy) is 1. The molecule has 1 aromatic rings. The summed E-state index contributed by atoms with van der Waals surface area (Å²) in [5.74, 6) is -0.128. The van der Waals surface area contributed by atoms with Gasteiger partial charge in [0, 0.05) is 30.2 Å². The smallest absolute Gasteiger partial charge is 0.166 e. The normalized spacial score (nSPS) is 12.5. The molecule has 0 saturated heterocycles. The Morgan fingerprint density at radius 2 is 2.19 bits per heavy atom. The summed E-state index contributed by atoms with van der Waals surface area (Å²) in [6, 6.07) is 4.45. The van der Waals surface area contributed by atoms with Crippen molar-refractivity contribution in [3.8, 4) is 0 Å². The standard InChI is InChI=1S/C11H13Cl2NO2/c1-16-6-8(14)5-11(15)9-4-7(12)2-3-10(9)13/h2-4,8H,5-6,14H2,1H3. The summed E-state index contributed by atoms with van der Waals surface area (Å²) in [7, 11) is 1.54. The first-order valence-corrected chi connectivity index (χ1v) is 5.53. The molecular formula is C11H13Cl2NO2. The van der Waals surface area contributed by atoms with E-state index in [1.54, 1.807) is 18.2 Å². The number of hydrogen-bond acceptors (Lipinski definition) is 3. The average molecular weight is 262 g/mol. The summed E-state index contributed by atoms with van der Waals surface area (Å²) in [4.78, 5) is 11.8. The maximum Gasteiger partial charge on any atom is 0.166 e. The molecule has 3 nitrogen and oxygen atoms in total. The fraction of sp³-hybridized carbons (Fsp3) is 0.364. The lowest BCUT2D eigenvalue weighted by Gasteiger charge is -2.10. The molecule has 0 fully saturated rings. The van der Waals surface area contributed by atoms with Gasteiger partial charge in [0.2, 0.25) is 0 Å². The van der Waals surface area contributed by atoms with Crippen molar-refractivity contribution in [1.82, 2.24) is 0 Å². The molecule has 1 unspecified atom stereocenters. The van der Waals surface area contributed by atoms with Gasteiger partial charge in [0.1, 0.15) is 0 Å². The van der Waals surface area contributed by atoms with Crippen LogP contribution in [0.5, 0.6) is 0 Å². The molecule has 88 valence electrons. The SMILES string of the molecule is COCC(N)CC(=O)c1cc(Cl)ccc1Cl. The molecule has 5 heteroatoms. The van der Waals surface area contributed by atoms with Gasteiger partial charge in [-0.3, -0.25) is 4.79 Å². The summed E-state index contributed by atoms with van der Waals surface area (Å²) in [5, 5.41) is 0.868. The van der Waals surface area contributed by atoms with Gasteiger partial charge in [-0.25, -0.2) is 0 Å². The first kappa shape index (κ1) is 13.5. The van der Waals surface area contributed by atoms with E-state index in [4.69, 9.17) is 33.7 Å². The van der Waals surface area contributed by atoms with Crippen LogP contribution < -0.4 is 5.73 Å². The van der Waals surface area contributed by atoms with Gasteiger partial charge in [-0.1, -0.05) is 23.2 Å². The second-order valence-electron chi connectivity index (χ2n) is 3.47. The number of hydrogen-bond donors (Lipinski definition) is 1. The van der Waals surface area contributed by atoms with Crippen molar-refractivity contribution in [3.63, 3.8) is 0 Å². The number of nitrogens with two attached hydrogens (primary N) is 1. The molecule has 1 rings (SSSR count). The predicted octanol–water partition coefficient (Wildman–Crippen LogP) is 2.54. The maximum atomic E-state index is 11.8. The third-order valence-corrected chi connectivity index (χ3v) is 2.62. The van der Waals surface area contributed by atoms with E-state index in [1.165, 1.54) is 7.11 Å². The Kier molecular flexibility index (Phi) is 5.22. The third kappa shape index (κ3) is 3.76. The molecule has 1 aromatic carbocycles. The first-order valence-electron chi connectivity index (χ1n) is 4.77. The number of Topliss-reactive ketones (excluding diaryl/α,β-unsaturated/α-hetero) is 1. The van der Waals surface area contributed by atoms with Crippen LogP contribution in [0.3, 0.4) is 0 Å². The van der Waals surface area contributed by atoms with Crippen molar-refractivity contribution in [2.24, 2.45) is 5.73 Å². The van der Waals surface area contributed by atoms with Gasteiger partial charge in [-0.15, -0.1) is 0 Å². The second-order valence-corrected chi connectivity index (χ2v) is 4.31. The quantitative estimate of drug-likeness (QED) is 0.829. The van der Waals surface area contributed by atoms with Crippen LogP contribution >= 0.6 is 23.2 Å². The molecule has 0 aliphatic carbocycles. The number of halogens is 2. The van der Waals surface area contributed by atoms with Crippen LogP contribution in [-0.2, 0) is 4.74 Å². The molecule has 0 aliphatic heterocycles. The van der Waals surface area contributed by atoms with Crippen LogP contribution in [-0.4, -0.2) is 25.5 Å². The molecule has 0 aromatic heterocycles. The van der Waals surface area contributed by atoms with Gasteiger partial charge < -0.3 is 10.5 Å². The van der Waals surface area contributed by atoms with Crippen molar-refractivity contribution in [1.29, 1.82) is 0 Å². The number of carbonyl (C=O) groups excluding carboxylic acids is 1. The van der Waals surface area contributed by atoms with E-state index < -0.39 is 0 Å². The largest absolute Gasteiger partial charge is 0.383 e. The number of benzene rings is 1. The monoisotopic (exact) mass is 261 g/mol. The fourth-order valence-electron chi connectivity index (χ4n) is 1.33. The zero-order valence-corrected chi connectivity index (χ0v) is 10.4. The highest BCUT2D eigenvalue weighted by Crippen LogP contribution is 2.22. The van der Waals surface area contributed by atoms with Gasteiger partial charge in [0.25, 0.3) is 0 Å². The molecule has 2 N–H and O–H groups in total. The van der Waals surface area contributed by atoms with Crippen molar-refractivity contribution in [2.45, 2.75) is 12.5 Å². The van der Waals surface area contributed by atoms with Crippen molar-refractivity contribution in [2.75, 3.05) is 13.7 Å². The lowest BCUT2D eigenvalue weighted by molar-refractivity contribution is 0.0949. The molecule has 0 heterocycles. The first-order chi connectivity index (χ1) is 7.54. The topological polar surface area (TPSA) is 52.3 Å². The van der Waals surface area contributed by atoms with Gasteiger partial charge in [-0.2, -0.15) is 0 Å². The van der Waals surface area contributed by atoms with E-state index in [9.17, 15) is 4.79 Å². The average Bonchev–Trinajstić information content (AvgIpc) is 2.21. The fourth-order valence-corrected chi connectivity index (χ4v) is 1.73. The third-order valence-electron chi connectivity index (χ3n) is 2.06. The number of methoxy groups -OCH3 is 1. The Balaban J connectivity index is 2.76. The van der Waals surface area contributed by atoms with Crippen LogP contribution in [0.2, 0.25) is 10.0 Å². The minimum absolute atomic E-state index is 0.128. The predicted molar refractivity (Wildman–Crippen MR) is 65.3 cm³/mol. The maximum absolute atomic E-state index is 11.8. The van der Waals surface area contributed by atoms with Gasteiger partial charge >= 0.3 is 0 Å². The highest BCUT2D eigenvalue weighted by Gasteiger charge is 2.14. The Morgan fingerprint density at radius 3 is 2.81 bits per heavy atom. The van der Waals surface area contributed by atoms with E-state index in [2.05, 4.69) is 0 Å². The van der Waals surface area contributed by atoms with Crippen LogP contribution in [0.15, 0.2) is 18.2 Å². The minimum atomic E-state index is -0.326. The van der Waals surface area contributed by atoms with Crippen LogP contribution in [0.4, 0.5) is 0 Å². The van der Waals surface area contributed by atoms with Crippen LogP contribution in [0.1, 0.15) is 16.8 Å². The zero-order chi connectivity index (χ0) is 12.1. The Bertz CT molecular complexity index is 382. The van der Waals surface area contributed by atoms with Crippen LogP contribution in [0, 0.1) is 0 Å². The Hall–Kier alpha value is -0.610. The van der Waals surface area contributed by atoms with Crippen molar-refractivity contribution < 1.29 is 9.53 Å². The Labute approximate surface area is 104 Å². The molecule has 0 radical (unpaired) electrons. The molecule has 0 bridgehead atoms. The molecule has 0 aliphatic rings. The minimum Gasteiger partial charge on any atom is -0.383 e. The number of carbonyl (C=O) groups is 1. The van der Waals surface area contributed by atoms with Gasteiger partial charge in [0.15, 0.2) is 5.78 Å². The molecule has 0 spiro atoms. The van der Waals surface area contributed by atoms with E-state index in [-0.39, 0.29) is 18.2 Å². The van der Waals surface area contributed by atoms with Crippen LogP contribution in [0.25, 0.3) is 0 Å². The van der Waals surface area contributed by atoms with E-state index in [0.717, 1.165) is 0 Å². The molecular weight excluding hydrogens is 249 g/mol. The van der Waals surface area contributed by atoms with Crippen molar-refractivity contribution in [3.05, 3.63) is 33.8 Å². The highest BCUT2D eigenvalue weighted by molar-refractivity contribution is 6.35. The lowest BCUT2D eigenvalue weighted by atomic mass is 10.0. The van der Waals surface area contributed by atoms with Gasteiger partial charge in [-0.05, 0) is 18.2 Å². The van der Waals surface area contributed by atoms with E-state index in [0.29, 0.717) is 22.2 Å². The molecule has 0 saturated carbocycles. The number of ketones is 1. The summed E-state index contributed by atoms with van der Waals surface area (Å²) >= 11 is 11.7. The Morgan fingerprint density at radius 1 is 1.50 bits per heavy atom. The van der Waals surface area contributed by atoms with Gasteiger partial charge in [0.05, 0.1) is 11.6 Å². The highest BCUT2D eigenvalue weighted by atomic mass is 35.5. The summed E-state index contributed by atoms with van der Waals surface area (Å²) in [5.41, 5.74) is 6.09. The van der Waals surface area contributed by atoms with E-state index in [1.807, 2.05) is 0 Å². The second kappa shape index (κ2) is 6.21. The lowest BCUT2D eigenvalue weighted by Crippen LogP contribution is -2.28. The van der Waals surface area contributed by atoms with E-state index >= 15 is 0 Å². The summed E-state index contributed by atoms with van der Waals surface area (Å²) in [6.45, 7) is 0.337. The molecule has 0 amide bonds. The molecule has 16 heavy (non-hydrogen) atoms. The van der Waals surface area contributed by atoms with Crippen molar-refractivity contribution >= 4 is 29.0 Å².